The maximum atomic E-state index is 12.5. The average molecular weight is 350 g/mol. The number of ether oxygens (including phenoxy) is 3. The van der Waals surface area contributed by atoms with E-state index in [1.807, 2.05) is 46.0 Å². The first-order chi connectivity index (χ1) is 12.1. The second-order valence-electron chi connectivity index (χ2n) is 6.20. The van der Waals surface area contributed by atoms with Gasteiger partial charge in [-0.2, -0.15) is 0 Å². The predicted molar refractivity (Wildman–Crippen MR) is 97.3 cm³/mol. The van der Waals surface area contributed by atoms with Crippen LogP contribution in [0.1, 0.15) is 45.2 Å². The molecule has 140 valence electrons. The third-order valence-corrected chi connectivity index (χ3v) is 4.47. The molecule has 6 nitrogen and oxygen atoms in total. The standard InChI is InChI=1S/C19H30N2O4/c1-5-24-17-8-7-15(13-18(17)25-6-2)14(3)20-19(22)21(4)16-9-11-23-12-10-16/h7-8,13-14,16H,5-6,9-12H2,1-4H3,(H,20,22)/t14-/m0/s1. The summed E-state index contributed by atoms with van der Waals surface area (Å²) in [4.78, 5) is 14.3. The molecule has 0 saturated carbocycles. The van der Waals surface area contributed by atoms with Gasteiger partial charge in [-0.15, -0.1) is 0 Å². The number of rotatable bonds is 7. The van der Waals surface area contributed by atoms with Gasteiger partial charge in [-0.1, -0.05) is 6.07 Å². The van der Waals surface area contributed by atoms with E-state index in [-0.39, 0.29) is 18.1 Å². The monoisotopic (exact) mass is 350 g/mol. The molecule has 1 aliphatic heterocycles. The molecule has 0 unspecified atom stereocenters. The highest BCUT2D eigenvalue weighted by molar-refractivity contribution is 5.74. The van der Waals surface area contributed by atoms with Crippen molar-refractivity contribution in [2.75, 3.05) is 33.5 Å². The lowest BCUT2D eigenvalue weighted by molar-refractivity contribution is 0.0522. The predicted octanol–water partition coefficient (Wildman–Crippen LogP) is 3.37. The molecule has 1 saturated heterocycles. The van der Waals surface area contributed by atoms with Crippen molar-refractivity contribution in [2.45, 2.75) is 45.7 Å². The minimum Gasteiger partial charge on any atom is -0.490 e. The lowest BCUT2D eigenvalue weighted by Gasteiger charge is -2.32. The van der Waals surface area contributed by atoms with Crippen LogP contribution in [0.4, 0.5) is 4.79 Å². The van der Waals surface area contributed by atoms with Gasteiger partial charge in [0.2, 0.25) is 0 Å². The van der Waals surface area contributed by atoms with Crippen LogP contribution in [0.5, 0.6) is 11.5 Å². The molecule has 2 amide bonds. The summed E-state index contributed by atoms with van der Waals surface area (Å²) < 4.78 is 16.6. The molecule has 0 radical (unpaired) electrons. The largest absolute Gasteiger partial charge is 0.490 e. The van der Waals surface area contributed by atoms with Crippen LogP contribution in [0.3, 0.4) is 0 Å². The number of hydrogen-bond donors (Lipinski definition) is 1. The lowest BCUT2D eigenvalue weighted by atomic mass is 10.1. The molecule has 0 aromatic heterocycles. The quantitative estimate of drug-likeness (QED) is 0.819. The molecule has 0 bridgehead atoms. The molecule has 1 aliphatic rings. The normalized spacial score (nSPS) is 16.2. The van der Waals surface area contributed by atoms with Gasteiger partial charge in [-0.3, -0.25) is 0 Å². The van der Waals surface area contributed by atoms with Crippen LogP contribution in [0.25, 0.3) is 0 Å². The van der Waals surface area contributed by atoms with Crippen LogP contribution in [-0.2, 0) is 4.74 Å². The zero-order valence-electron chi connectivity index (χ0n) is 15.7. The van der Waals surface area contributed by atoms with E-state index >= 15 is 0 Å². The molecular formula is C19H30N2O4. The van der Waals surface area contributed by atoms with Crippen LogP contribution in [-0.4, -0.2) is 50.4 Å². The van der Waals surface area contributed by atoms with Crippen molar-refractivity contribution in [2.24, 2.45) is 0 Å². The summed E-state index contributed by atoms with van der Waals surface area (Å²) in [5.74, 6) is 1.44. The number of carbonyl (C=O) groups is 1. The number of hydrogen-bond acceptors (Lipinski definition) is 4. The molecule has 0 spiro atoms. The summed E-state index contributed by atoms with van der Waals surface area (Å²) in [5.41, 5.74) is 0.987. The first-order valence-electron chi connectivity index (χ1n) is 9.07. The Labute approximate surface area is 150 Å². The maximum Gasteiger partial charge on any atom is 0.317 e. The number of benzene rings is 1. The van der Waals surface area contributed by atoms with E-state index in [9.17, 15) is 4.79 Å². The Morgan fingerprint density at radius 3 is 2.52 bits per heavy atom. The third kappa shape index (κ3) is 5.26. The fourth-order valence-electron chi connectivity index (χ4n) is 2.95. The van der Waals surface area contributed by atoms with Gasteiger partial charge < -0.3 is 24.4 Å². The first-order valence-corrected chi connectivity index (χ1v) is 9.07. The van der Waals surface area contributed by atoms with Crippen molar-refractivity contribution in [3.63, 3.8) is 0 Å². The Hall–Kier alpha value is -1.95. The Balaban J connectivity index is 2.02. The highest BCUT2D eigenvalue weighted by atomic mass is 16.5. The molecule has 1 N–H and O–H groups in total. The zero-order chi connectivity index (χ0) is 18.2. The number of carbonyl (C=O) groups excluding carboxylic acids is 1. The highest BCUT2D eigenvalue weighted by Gasteiger charge is 2.23. The van der Waals surface area contributed by atoms with Crippen LogP contribution >= 0.6 is 0 Å². The van der Waals surface area contributed by atoms with Gasteiger partial charge in [-0.05, 0) is 51.3 Å². The second-order valence-corrected chi connectivity index (χ2v) is 6.20. The van der Waals surface area contributed by atoms with E-state index in [1.165, 1.54) is 0 Å². The summed E-state index contributed by atoms with van der Waals surface area (Å²) in [6.07, 6.45) is 1.77. The Morgan fingerprint density at radius 2 is 1.88 bits per heavy atom. The van der Waals surface area contributed by atoms with Crippen molar-refractivity contribution in [3.8, 4) is 11.5 Å². The second kappa shape index (κ2) is 9.51. The summed E-state index contributed by atoms with van der Waals surface area (Å²) in [6, 6.07) is 5.85. The van der Waals surface area contributed by atoms with Gasteiger partial charge in [0, 0.05) is 26.3 Å². The first kappa shape index (κ1) is 19.4. The Bertz CT molecular complexity index is 558. The fraction of sp³-hybridized carbons (Fsp3) is 0.632. The van der Waals surface area contributed by atoms with E-state index in [1.54, 1.807) is 4.90 Å². The molecule has 1 aromatic rings. The summed E-state index contributed by atoms with van der Waals surface area (Å²) in [6.45, 7) is 8.44. The highest BCUT2D eigenvalue weighted by Crippen LogP contribution is 2.30. The molecule has 1 fully saturated rings. The van der Waals surface area contributed by atoms with Crippen molar-refractivity contribution in [1.82, 2.24) is 10.2 Å². The maximum absolute atomic E-state index is 12.5. The van der Waals surface area contributed by atoms with Gasteiger partial charge in [0.25, 0.3) is 0 Å². The van der Waals surface area contributed by atoms with Crippen molar-refractivity contribution in [1.29, 1.82) is 0 Å². The Kier molecular flexibility index (Phi) is 7.37. The molecular weight excluding hydrogens is 320 g/mol. The number of urea groups is 1. The minimum atomic E-state index is -0.121. The van der Waals surface area contributed by atoms with Gasteiger partial charge >= 0.3 is 6.03 Å². The molecule has 6 heteroatoms. The van der Waals surface area contributed by atoms with Crippen molar-refractivity contribution < 1.29 is 19.0 Å². The van der Waals surface area contributed by atoms with E-state index in [0.717, 1.165) is 24.2 Å². The molecule has 2 rings (SSSR count). The minimum absolute atomic E-state index is 0.0637. The smallest absolute Gasteiger partial charge is 0.317 e. The number of amides is 2. The van der Waals surface area contributed by atoms with E-state index < -0.39 is 0 Å². The van der Waals surface area contributed by atoms with Crippen molar-refractivity contribution >= 4 is 6.03 Å². The third-order valence-electron chi connectivity index (χ3n) is 4.47. The lowest BCUT2D eigenvalue weighted by Crippen LogP contribution is -2.46. The summed E-state index contributed by atoms with van der Waals surface area (Å²) in [7, 11) is 1.85. The Morgan fingerprint density at radius 1 is 1.24 bits per heavy atom. The van der Waals surface area contributed by atoms with Gasteiger partial charge in [0.05, 0.1) is 19.3 Å². The van der Waals surface area contributed by atoms with E-state index in [2.05, 4.69) is 5.32 Å². The van der Waals surface area contributed by atoms with E-state index in [0.29, 0.717) is 32.2 Å². The van der Waals surface area contributed by atoms with Crippen LogP contribution in [0.15, 0.2) is 18.2 Å². The van der Waals surface area contributed by atoms with Gasteiger partial charge in [-0.25, -0.2) is 4.79 Å². The number of nitrogens with one attached hydrogen (secondary N) is 1. The van der Waals surface area contributed by atoms with Crippen LogP contribution in [0, 0.1) is 0 Å². The van der Waals surface area contributed by atoms with Gasteiger partial charge in [0.15, 0.2) is 11.5 Å². The van der Waals surface area contributed by atoms with Crippen LogP contribution < -0.4 is 14.8 Å². The summed E-state index contributed by atoms with van der Waals surface area (Å²) >= 11 is 0. The van der Waals surface area contributed by atoms with E-state index in [4.69, 9.17) is 14.2 Å². The molecule has 0 aliphatic carbocycles. The topological polar surface area (TPSA) is 60.0 Å². The molecule has 25 heavy (non-hydrogen) atoms. The van der Waals surface area contributed by atoms with Gasteiger partial charge in [0.1, 0.15) is 0 Å². The van der Waals surface area contributed by atoms with Crippen molar-refractivity contribution in [3.05, 3.63) is 23.8 Å². The zero-order valence-corrected chi connectivity index (χ0v) is 15.7. The molecule has 1 heterocycles. The molecule has 1 atom stereocenters. The molecule has 1 aromatic carbocycles. The number of nitrogens with zero attached hydrogens (tertiary/aromatic N) is 1. The van der Waals surface area contributed by atoms with Crippen LogP contribution in [0.2, 0.25) is 0 Å². The average Bonchev–Trinajstić information content (AvgIpc) is 2.63. The SMILES string of the molecule is CCOc1ccc([C@H](C)NC(=O)N(C)C2CCOCC2)cc1OCC. The summed E-state index contributed by atoms with van der Waals surface area (Å²) in [5, 5.41) is 3.06. The fourth-order valence-corrected chi connectivity index (χ4v) is 2.95.